The Labute approximate surface area is 232 Å². The minimum absolute atomic E-state index is 0.0418. The summed E-state index contributed by atoms with van der Waals surface area (Å²) >= 11 is 0. The Morgan fingerprint density at radius 3 is 2.56 bits per heavy atom. The van der Waals surface area contributed by atoms with Gasteiger partial charge in [0.15, 0.2) is 11.6 Å². The first-order valence-corrected chi connectivity index (χ1v) is 14.4. The van der Waals surface area contributed by atoms with E-state index in [0.29, 0.717) is 39.0 Å². The predicted molar refractivity (Wildman–Crippen MR) is 148 cm³/mol. The van der Waals surface area contributed by atoms with Crippen molar-refractivity contribution in [1.82, 2.24) is 14.5 Å². The number of pyridine rings is 2. The quantitative estimate of drug-likeness (QED) is 0.394. The van der Waals surface area contributed by atoms with Crippen LogP contribution in [0.25, 0.3) is 22.0 Å². The van der Waals surface area contributed by atoms with E-state index in [2.05, 4.69) is 9.97 Å². The van der Waals surface area contributed by atoms with Gasteiger partial charge in [-0.05, 0) is 17.7 Å². The van der Waals surface area contributed by atoms with Crippen LogP contribution in [0.15, 0.2) is 41.6 Å². The highest BCUT2D eigenvalue weighted by atomic mass is 32.2. The number of sulfonamides is 1. The van der Waals surface area contributed by atoms with Crippen LogP contribution < -0.4 is 19.7 Å². The van der Waals surface area contributed by atoms with Crippen molar-refractivity contribution in [1.29, 1.82) is 0 Å². The predicted octanol–water partition coefficient (Wildman–Crippen LogP) is 2.76. The smallest absolute Gasteiger partial charge is 0.274 e. The maximum Gasteiger partial charge on any atom is 0.274 e. The van der Waals surface area contributed by atoms with Crippen LogP contribution in [-0.4, -0.2) is 60.4 Å². The second kappa shape index (κ2) is 8.85. The number of fused-ring (bicyclic) bond motifs is 3. The molecule has 11 nitrogen and oxygen atoms in total. The SMILES string of the molecule is CC(=O)N1CCN(S(=O)(=O)C2COC2)c2cc3c(cc21)N(c1ncc(F)cc1F)Cc1c[nH]c2c(=O)n(C)cc-3c12. The van der Waals surface area contributed by atoms with Gasteiger partial charge in [0.1, 0.15) is 16.6 Å². The van der Waals surface area contributed by atoms with E-state index >= 15 is 4.39 Å². The number of nitrogens with one attached hydrogen (secondary N) is 1. The number of halogens is 2. The summed E-state index contributed by atoms with van der Waals surface area (Å²) in [7, 11) is -2.23. The van der Waals surface area contributed by atoms with Gasteiger partial charge in [-0.2, -0.15) is 0 Å². The van der Waals surface area contributed by atoms with Gasteiger partial charge in [-0.25, -0.2) is 22.2 Å². The van der Waals surface area contributed by atoms with Crippen LogP contribution in [0.4, 0.5) is 31.7 Å². The Kier molecular flexibility index (Phi) is 5.54. The standard InChI is InChI=1S/C27H24F2N6O5S/c1-14(36)33-3-4-35(41(38,39)17-12-40-13-17)23-6-18-19-11-32(2)27(37)25-24(19)15(8-30-25)10-34(21(18)7-22(23)33)26-20(29)5-16(28)9-31-26/h5-9,11,17,30H,3-4,10,12-13H2,1-2H3. The third-order valence-corrected chi connectivity index (χ3v) is 10.0. The Hall–Kier alpha value is -4.30. The van der Waals surface area contributed by atoms with Crippen molar-refractivity contribution in [3.8, 4) is 11.1 Å². The molecule has 3 aliphatic rings. The Bertz CT molecular complexity index is 1950. The fourth-order valence-electron chi connectivity index (χ4n) is 5.82. The van der Waals surface area contributed by atoms with E-state index in [9.17, 15) is 22.4 Å². The maximum absolute atomic E-state index is 15.3. The summed E-state index contributed by atoms with van der Waals surface area (Å²) in [6, 6.07) is 4.03. The third kappa shape index (κ3) is 3.70. The molecule has 212 valence electrons. The summed E-state index contributed by atoms with van der Waals surface area (Å²) in [6.07, 6.45) is 4.22. The Morgan fingerprint density at radius 1 is 1.10 bits per heavy atom. The average Bonchev–Trinajstić information content (AvgIpc) is 3.25. The number of benzene rings is 1. The van der Waals surface area contributed by atoms with Crippen LogP contribution in [-0.2, 0) is 33.1 Å². The number of hydrogen-bond acceptors (Lipinski definition) is 7. The molecule has 3 aromatic heterocycles. The van der Waals surface area contributed by atoms with Gasteiger partial charge in [0, 0.05) is 55.5 Å². The van der Waals surface area contributed by atoms with Gasteiger partial charge in [-0.15, -0.1) is 0 Å². The van der Waals surface area contributed by atoms with Crippen LogP contribution in [0.5, 0.6) is 0 Å². The first-order valence-electron chi connectivity index (χ1n) is 12.9. The lowest BCUT2D eigenvalue weighted by atomic mass is 9.98. The van der Waals surface area contributed by atoms with Crippen molar-refractivity contribution >= 4 is 49.7 Å². The van der Waals surface area contributed by atoms with Crippen molar-refractivity contribution in [3.63, 3.8) is 0 Å². The second-order valence-corrected chi connectivity index (χ2v) is 12.5. The molecule has 0 unspecified atom stereocenters. The van der Waals surface area contributed by atoms with Gasteiger partial charge in [-0.1, -0.05) is 0 Å². The lowest BCUT2D eigenvalue weighted by Gasteiger charge is -2.40. The van der Waals surface area contributed by atoms with Gasteiger partial charge in [-0.3, -0.25) is 13.9 Å². The lowest BCUT2D eigenvalue weighted by molar-refractivity contribution is -0.116. The monoisotopic (exact) mass is 582 g/mol. The molecule has 14 heteroatoms. The zero-order valence-corrected chi connectivity index (χ0v) is 22.8. The number of hydrogen-bond donors (Lipinski definition) is 1. The number of anilines is 4. The van der Waals surface area contributed by atoms with Crippen LogP contribution in [0, 0.1) is 11.6 Å². The number of carbonyl (C=O) groups is 1. The molecule has 41 heavy (non-hydrogen) atoms. The van der Waals surface area contributed by atoms with Gasteiger partial charge >= 0.3 is 0 Å². The average molecular weight is 583 g/mol. The first kappa shape index (κ1) is 25.7. The number of aryl methyl sites for hydroxylation is 1. The Balaban J connectivity index is 1.56. The molecule has 1 aromatic carbocycles. The fraction of sp³-hybridized carbons (Fsp3) is 0.296. The molecule has 0 bridgehead atoms. The number of aromatic nitrogens is 3. The van der Waals surface area contributed by atoms with Crippen molar-refractivity contribution in [2.75, 3.05) is 40.4 Å². The van der Waals surface area contributed by atoms with Crippen LogP contribution in [0.2, 0.25) is 0 Å². The number of rotatable bonds is 3. The molecule has 7 rings (SSSR count). The molecule has 3 aliphatic heterocycles. The van der Waals surface area contributed by atoms with Crippen LogP contribution in [0.1, 0.15) is 12.5 Å². The van der Waals surface area contributed by atoms with Gasteiger partial charge in [0.2, 0.25) is 15.9 Å². The van der Waals surface area contributed by atoms with Gasteiger partial charge in [0.05, 0.1) is 49.6 Å². The van der Waals surface area contributed by atoms with Crippen molar-refractivity contribution < 1.29 is 26.7 Å². The molecule has 0 saturated carbocycles. The van der Waals surface area contributed by atoms with E-state index < -0.39 is 26.9 Å². The topological polar surface area (TPSA) is 121 Å². The zero-order chi connectivity index (χ0) is 28.8. The van der Waals surface area contributed by atoms with Crippen LogP contribution >= 0.6 is 0 Å². The minimum atomic E-state index is -3.84. The summed E-state index contributed by atoms with van der Waals surface area (Å²) in [5, 5.41) is -0.118. The van der Waals surface area contributed by atoms with E-state index in [4.69, 9.17) is 4.74 Å². The Morgan fingerprint density at radius 2 is 1.88 bits per heavy atom. The number of aromatic amines is 1. The normalized spacial score (nSPS) is 16.8. The van der Waals surface area contributed by atoms with Crippen LogP contribution in [0.3, 0.4) is 0 Å². The largest absolute Gasteiger partial charge is 0.378 e. The second-order valence-electron chi connectivity index (χ2n) is 10.4. The van der Waals surface area contributed by atoms with E-state index in [1.165, 1.54) is 20.7 Å². The molecule has 6 heterocycles. The van der Waals surface area contributed by atoms with Crippen molar-refractivity contribution in [3.05, 3.63) is 64.3 Å². The molecule has 0 radical (unpaired) electrons. The summed E-state index contributed by atoms with van der Waals surface area (Å²) in [6.45, 7) is 1.75. The molecule has 1 saturated heterocycles. The molecule has 0 aliphatic carbocycles. The van der Waals surface area contributed by atoms with E-state index in [0.717, 1.165) is 12.3 Å². The number of H-pyrrole nitrogens is 1. The van der Waals surface area contributed by atoms with E-state index in [1.54, 1.807) is 36.5 Å². The molecule has 0 spiro atoms. The van der Waals surface area contributed by atoms with Gasteiger partial charge < -0.3 is 24.1 Å². The highest BCUT2D eigenvalue weighted by Gasteiger charge is 2.42. The summed E-state index contributed by atoms with van der Waals surface area (Å²) in [5.74, 6) is -2.20. The highest BCUT2D eigenvalue weighted by Crippen LogP contribution is 2.49. The molecule has 1 N–H and O–H groups in total. The number of carbonyl (C=O) groups excluding carboxylic acids is 1. The molecular formula is C27H24F2N6O5S. The summed E-state index contributed by atoms with van der Waals surface area (Å²) < 4.78 is 64.3. The van der Waals surface area contributed by atoms with E-state index in [-0.39, 0.29) is 55.8 Å². The summed E-state index contributed by atoms with van der Waals surface area (Å²) in [4.78, 5) is 35.8. The maximum atomic E-state index is 15.3. The third-order valence-electron chi connectivity index (χ3n) is 7.94. The lowest BCUT2D eigenvalue weighted by Crippen LogP contribution is -2.53. The highest BCUT2D eigenvalue weighted by molar-refractivity contribution is 7.93. The molecule has 1 amide bonds. The molecule has 1 fully saturated rings. The van der Waals surface area contributed by atoms with Crippen molar-refractivity contribution in [2.45, 2.75) is 18.7 Å². The fourth-order valence-corrected chi connectivity index (χ4v) is 7.48. The number of amides is 1. The number of ether oxygens (including phenoxy) is 1. The molecular weight excluding hydrogens is 558 g/mol. The first-order chi connectivity index (χ1) is 19.6. The summed E-state index contributed by atoms with van der Waals surface area (Å²) in [5.41, 5.74) is 2.83. The van der Waals surface area contributed by atoms with E-state index in [1.807, 2.05) is 0 Å². The molecule has 4 aromatic rings. The number of nitrogens with zero attached hydrogens (tertiary/aromatic N) is 5. The minimum Gasteiger partial charge on any atom is -0.378 e. The zero-order valence-electron chi connectivity index (χ0n) is 22.0. The molecule has 0 atom stereocenters. The van der Waals surface area contributed by atoms with Gasteiger partial charge in [0.25, 0.3) is 5.56 Å². The van der Waals surface area contributed by atoms with Crippen molar-refractivity contribution in [2.24, 2.45) is 7.05 Å².